The lowest BCUT2D eigenvalue weighted by Crippen LogP contribution is -2.50. The summed E-state index contributed by atoms with van der Waals surface area (Å²) >= 11 is 0. The van der Waals surface area contributed by atoms with Crippen LogP contribution in [0.5, 0.6) is 0 Å². The van der Waals surface area contributed by atoms with Crippen LogP contribution in [0.4, 0.5) is 0 Å². The van der Waals surface area contributed by atoms with Crippen molar-refractivity contribution in [2.24, 2.45) is 11.3 Å². The normalized spacial score (nSPS) is 22.9. The summed E-state index contributed by atoms with van der Waals surface area (Å²) in [4.78, 5) is 21.9. The highest BCUT2D eigenvalue weighted by molar-refractivity contribution is 5.78. The van der Waals surface area contributed by atoms with Crippen LogP contribution in [0.2, 0.25) is 0 Å². The zero-order chi connectivity index (χ0) is 19.6. The van der Waals surface area contributed by atoms with Gasteiger partial charge < -0.3 is 4.90 Å². The molecule has 148 valence electrons. The maximum absolute atomic E-state index is 13.0. The molecule has 1 spiro atoms. The Balaban J connectivity index is 1.61. The van der Waals surface area contributed by atoms with Crippen molar-refractivity contribution in [3.8, 4) is 0 Å². The molecule has 1 aromatic carbocycles. The van der Waals surface area contributed by atoms with Crippen molar-refractivity contribution < 1.29 is 4.79 Å². The van der Waals surface area contributed by atoms with Gasteiger partial charge in [-0.2, -0.15) is 0 Å². The number of likely N-dealkylation sites (tertiary alicyclic amines) is 1. The standard InChI is InChI=1S/C24H31N3O/c1-19(2)23(28)27-16-22-9-4-3-8-21(22)13-24(18-27)10-6-12-26(17-24)15-20-7-5-11-25-14-20/h3-5,7-9,11,14,19H,6,10,12-13,15-18H2,1-2H3. The Labute approximate surface area is 168 Å². The summed E-state index contributed by atoms with van der Waals surface area (Å²) in [6.45, 7) is 8.74. The molecule has 4 nitrogen and oxygen atoms in total. The summed E-state index contributed by atoms with van der Waals surface area (Å²) in [6.07, 6.45) is 7.24. The Morgan fingerprint density at radius 2 is 1.96 bits per heavy atom. The molecule has 1 aromatic heterocycles. The lowest BCUT2D eigenvalue weighted by molar-refractivity contribution is -0.137. The van der Waals surface area contributed by atoms with E-state index in [1.54, 1.807) is 0 Å². The Bertz CT molecular complexity index is 820. The van der Waals surface area contributed by atoms with Crippen LogP contribution in [0, 0.1) is 11.3 Å². The number of amides is 1. The zero-order valence-corrected chi connectivity index (χ0v) is 17.1. The molecule has 3 heterocycles. The van der Waals surface area contributed by atoms with E-state index >= 15 is 0 Å². The summed E-state index contributed by atoms with van der Waals surface area (Å²) in [7, 11) is 0. The van der Waals surface area contributed by atoms with Crippen LogP contribution >= 0.6 is 0 Å². The number of carbonyl (C=O) groups is 1. The first kappa shape index (κ1) is 19.1. The second kappa shape index (κ2) is 8.04. The fourth-order valence-electron chi connectivity index (χ4n) is 5.00. The minimum Gasteiger partial charge on any atom is -0.338 e. The van der Waals surface area contributed by atoms with E-state index in [2.05, 4.69) is 45.1 Å². The summed E-state index contributed by atoms with van der Waals surface area (Å²) < 4.78 is 0. The quantitative estimate of drug-likeness (QED) is 0.814. The molecular formula is C24H31N3O. The van der Waals surface area contributed by atoms with Crippen molar-refractivity contribution in [1.29, 1.82) is 0 Å². The first-order valence-corrected chi connectivity index (χ1v) is 10.5. The lowest BCUT2D eigenvalue weighted by Gasteiger charge is -2.44. The van der Waals surface area contributed by atoms with Crippen LogP contribution < -0.4 is 0 Å². The average molecular weight is 378 g/mol. The molecule has 0 N–H and O–H groups in total. The second-order valence-corrected chi connectivity index (χ2v) is 8.97. The molecule has 28 heavy (non-hydrogen) atoms. The van der Waals surface area contributed by atoms with Crippen molar-refractivity contribution in [2.75, 3.05) is 19.6 Å². The topological polar surface area (TPSA) is 36.4 Å². The van der Waals surface area contributed by atoms with Gasteiger partial charge in [-0.05, 0) is 48.6 Å². The van der Waals surface area contributed by atoms with Gasteiger partial charge in [-0.25, -0.2) is 0 Å². The number of piperidine rings is 1. The minimum absolute atomic E-state index is 0.0393. The van der Waals surface area contributed by atoms with Crippen LogP contribution in [0.25, 0.3) is 0 Å². The van der Waals surface area contributed by atoms with Gasteiger partial charge in [0.05, 0.1) is 0 Å². The predicted octanol–water partition coefficient (Wildman–Crippen LogP) is 3.90. The van der Waals surface area contributed by atoms with Gasteiger partial charge in [-0.3, -0.25) is 14.7 Å². The molecule has 2 aliphatic heterocycles. The SMILES string of the molecule is CC(C)C(=O)N1Cc2ccccc2CC2(CCCN(Cc3cccnc3)C2)C1. The van der Waals surface area contributed by atoms with Crippen LogP contribution in [0.15, 0.2) is 48.8 Å². The van der Waals surface area contributed by atoms with Crippen molar-refractivity contribution >= 4 is 5.91 Å². The number of nitrogens with zero attached hydrogens (tertiary/aromatic N) is 3. The fraction of sp³-hybridized carbons (Fsp3) is 0.500. The number of pyridine rings is 1. The van der Waals surface area contributed by atoms with E-state index in [1.807, 2.05) is 32.3 Å². The Kier molecular flexibility index (Phi) is 5.49. The molecule has 4 heteroatoms. The second-order valence-electron chi connectivity index (χ2n) is 8.97. The van der Waals surface area contributed by atoms with Crippen LogP contribution in [0.3, 0.4) is 0 Å². The molecule has 0 aliphatic carbocycles. The van der Waals surface area contributed by atoms with E-state index in [9.17, 15) is 4.79 Å². The number of benzene rings is 1. The third kappa shape index (κ3) is 4.12. The lowest BCUT2D eigenvalue weighted by atomic mass is 9.74. The van der Waals surface area contributed by atoms with Gasteiger partial charge in [0.1, 0.15) is 0 Å². The summed E-state index contributed by atoms with van der Waals surface area (Å²) in [5, 5.41) is 0. The van der Waals surface area contributed by atoms with Gasteiger partial charge in [-0.1, -0.05) is 44.2 Å². The first-order chi connectivity index (χ1) is 13.5. The predicted molar refractivity (Wildman–Crippen MR) is 112 cm³/mol. The Hall–Kier alpha value is -2.20. The van der Waals surface area contributed by atoms with Crippen molar-refractivity contribution in [2.45, 2.75) is 46.2 Å². The van der Waals surface area contributed by atoms with Crippen LogP contribution in [-0.4, -0.2) is 40.3 Å². The first-order valence-electron chi connectivity index (χ1n) is 10.5. The van der Waals surface area contributed by atoms with Gasteiger partial charge in [0, 0.05) is 49.9 Å². The van der Waals surface area contributed by atoms with E-state index in [0.717, 1.165) is 39.1 Å². The number of hydrogen-bond donors (Lipinski definition) is 0. The number of fused-ring (bicyclic) bond motifs is 1. The maximum atomic E-state index is 13.0. The third-order valence-corrected chi connectivity index (χ3v) is 6.25. The molecule has 0 saturated carbocycles. The van der Waals surface area contributed by atoms with Crippen molar-refractivity contribution in [3.05, 3.63) is 65.5 Å². The smallest absolute Gasteiger partial charge is 0.225 e. The molecule has 1 amide bonds. The maximum Gasteiger partial charge on any atom is 0.225 e. The van der Waals surface area contributed by atoms with E-state index in [-0.39, 0.29) is 17.2 Å². The fourth-order valence-corrected chi connectivity index (χ4v) is 5.00. The molecular weight excluding hydrogens is 346 g/mol. The molecule has 0 bridgehead atoms. The van der Waals surface area contributed by atoms with Crippen molar-refractivity contribution in [3.63, 3.8) is 0 Å². The van der Waals surface area contributed by atoms with Crippen molar-refractivity contribution in [1.82, 2.24) is 14.8 Å². The largest absolute Gasteiger partial charge is 0.338 e. The molecule has 2 aliphatic rings. The van der Waals surface area contributed by atoms with Gasteiger partial charge in [0.15, 0.2) is 0 Å². The molecule has 1 fully saturated rings. The van der Waals surface area contributed by atoms with Gasteiger partial charge in [0.2, 0.25) is 5.91 Å². The van der Waals surface area contributed by atoms with E-state index in [1.165, 1.54) is 29.5 Å². The monoisotopic (exact) mass is 377 g/mol. The number of carbonyl (C=O) groups excluding carboxylic acids is 1. The number of aromatic nitrogens is 1. The number of hydrogen-bond acceptors (Lipinski definition) is 3. The highest BCUT2D eigenvalue weighted by Gasteiger charge is 2.40. The molecule has 1 saturated heterocycles. The zero-order valence-electron chi connectivity index (χ0n) is 17.1. The molecule has 2 aromatic rings. The summed E-state index contributed by atoms with van der Waals surface area (Å²) in [6, 6.07) is 12.9. The summed E-state index contributed by atoms with van der Waals surface area (Å²) in [5.74, 6) is 0.317. The number of rotatable bonds is 3. The third-order valence-electron chi connectivity index (χ3n) is 6.25. The van der Waals surface area contributed by atoms with Gasteiger partial charge in [0.25, 0.3) is 0 Å². The molecule has 1 unspecified atom stereocenters. The Morgan fingerprint density at radius 1 is 1.14 bits per heavy atom. The van der Waals surface area contributed by atoms with Gasteiger partial charge >= 0.3 is 0 Å². The van der Waals surface area contributed by atoms with E-state index in [0.29, 0.717) is 0 Å². The summed E-state index contributed by atoms with van der Waals surface area (Å²) in [5.41, 5.74) is 4.14. The average Bonchev–Trinajstić information content (AvgIpc) is 2.84. The van der Waals surface area contributed by atoms with Gasteiger partial charge in [-0.15, -0.1) is 0 Å². The highest BCUT2D eigenvalue weighted by Crippen LogP contribution is 2.39. The highest BCUT2D eigenvalue weighted by atomic mass is 16.2. The minimum atomic E-state index is 0.0393. The molecule has 0 radical (unpaired) electrons. The van der Waals surface area contributed by atoms with Crippen LogP contribution in [-0.2, 0) is 24.3 Å². The molecule has 1 atom stereocenters. The van der Waals surface area contributed by atoms with E-state index < -0.39 is 0 Å². The molecule has 4 rings (SSSR count). The van der Waals surface area contributed by atoms with E-state index in [4.69, 9.17) is 0 Å². The Morgan fingerprint density at radius 3 is 2.71 bits per heavy atom. The van der Waals surface area contributed by atoms with Crippen LogP contribution in [0.1, 0.15) is 43.4 Å².